The van der Waals surface area contributed by atoms with E-state index < -0.39 is 0 Å². The quantitative estimate of drug-likeness (QED) is 0.516. The zero-order chi connectivity index (χ0) is 20.8. The predicted molar refractivity (Wildman–Crippen MR) is 116 cm³/mol. The number of benzene rings is 2. The van der Waals surface area contributed by atoms with Gasteiger partial charge in [0.1, 0.15) is 11.6 Å². The molecular weight excluding hydrogens is 389 g/mol. The minimum Gasteiger partial charge on any atom is -0.484 e. The number of carbonyl (C=O) groups is 1. The second-order valence-corrected chi connectivity index (χ2v) is 7.79. The molecule has 0 bridgehead atoms. The van der Waals surface area contributed by atoms with Crippen molar-refractivity contribution in [3.8, 4) is 5.75 Å². The SMILES string of the molecule is CCN(CC)CCN(C(=O)COc1ccc(C)cc1)c1nc2ccc(F)cc2s1. The summed E-state index contributed by atoms with van der Waals surface area (Å²) in [5.74, 6) is 0.174. The van der Waals surface area contributed by atoms with Crippen molar-refractivity contribution in [2.24, 2.45) is 0 Å². The average molecular weight is 416 g/mol. The highest BCUT2D eigenvalue weighted by molar-refractivity contribution is 7.22. The Morgan fingerprint density at radius 1 is 1.10 bits per heavy atom. The summed E-state index contributed by atoms with van der Waals surface area (Å²) in [6, 6.07) is 12.1. The molecule has 2 aromatic carbocycles. The van der Waals surface area contributed by atoms with E-state index in [0.717, 1.165) is 29.9 Å². The molecule has 0 saturated heterocycles. The van der Waals surface area contributed by atoms with Crippen LogP contribution in [0.1, 0.15) is 19.4 Å². The minimum atomic E-state index is -0.309. The summed E-state index contributed by atoms with van der Waals surface area (Å²) in [6.45, 7) is 9.15. The predicted octanol–water partition coefficient (Wildman–Crippen LogP) is 4.50. The molecule has 1 amide bonds. The average Bonchev–Trinajstić information content (AvgIpc) is 3.13. The maximum absolute atomic E-state index is 13.6. The van der Waals surface area contributed by atoms with E-state index in [-0.39, 0.29) is 18.3 Å². The Hall–Kier alpha value is -2.51. The van der Waals surface area contributed by atoms with Gasteiger partial charge >= 0.3 is 0 Å². The first-order valence-corrected chi connectivity index (χ1v) is 10.6. The van der Waals surface area contributed by atoms with Gasteiger partial charge in [-0.2, -0.15) is 0 Å². The van der Waals surface area contributed by atoms with E-state index in [0.29, 0.717) is 22.9 Å². The summed E-state index contributed by atoms with van der Waals surface area (Å²) in [7, 11) is 0. The number of aryl methyl sites for hydroxylation is 1. The monoisotopic (exact) mass is 415 g/mol. The molecule has 0 spiro atoms. The summed E-state index contributed by atoms with van der Waals surface area (Å²) in [5.41, 5.74) is 1.82. The summed E-state index contributed by atoms with van der Waals surface area (Å²) < 4.78 is 20.0. The maximum atomic E-state index is 13.6. The minimum absolute atomic E-state index is 0.0778. The summed E-state index contributed by atoms with van der Waals surface area (Å²) >= 11 is 1.32. The Balaban J connectivity index is 1.78. The number of halogens is 1. The van der Waals surface area contributed by atoms with Crippen LogP contribution >= 0.6 is 11.3 Å². The van der Waals surface area contributed by atoms with Gasteiger partial charge in [-0.3, -0.25) is 9.69 Å². The fourth-order valence-corrected chi connectivity index (χ4v) is 4.00. The standard InChI is InChI=1S/C22H26FN3O2S/c1-4-25(5-2)12-13-26(21(27)15-28-18-9-6-16(3)7-10-18)22-24-19-11-8-17(23)14-20(19)29-22/h6-11,14H,4-5,12-13,15H2,1-3H3. The zero-order valence-corrected chi connectivity index (χ0v) is 17.8. The number of anilines is 1. The van der Waals surface area contributed by atoms with E-state index in [1.165, 1.54) is 23.5 Å². The molecule has 0 atom stereocenters. The van der Waals surface area contributed by atoms with Crippen molar-refractivity contribution in [1.29, 1.82) is 0 Å². The van der Waals surface area contributed by atoms with Gasteiger partial charge in [-0.1, -0.05) is 42.9 Å². The molecule has 0 unspecified atom stereocenters. The molecule has 29 heavy (non-hydrogen) atoms. The molecule has 154 valence electrons. The number of thiazole rings is 1. The fraction of sp³-hybridized carbons (Fsp3) is 0.364. The van der Waals surface area contributed by atoms with Gasteiger partial charge in [0.25, 0.3) is 5.91 Å². The van der Waals surface area contributed by atoms with Crippen molar-refractivity contribution in [1.82, 2.24) is 9.88 Å². The molecular formula is C22H26FN3O2S. The second kappa shape index (κ2) is 9.80. The lowest BCUT2D eigenvalue weighted by molar-refractivity contribution is -0.120. The van der Waals surface area contributed by atoms with Crippen LogP contribution in [0.4, 0.5) is 9.52 Å². The van der Waals surface area contributed by atoms with Gasteiger partial charge in [-0.05, 0) is 50.3 Å². The zero-order valence-electron chi connectivity index (χ0n) is 17.0. The van der Waals surface area contributed by atoms with Gasteiger partial charge in [0.05, 0.1) is 10.2 Å². The molecule has 1 heterocycles. The lowest BCUT2D eigenvalue weighted by Gasteiger charge is -2.24. The lowest BCUT2D eigenvalue weighted by Crippen LogP contribution is -2.41. The Morgan fingerprint density at radius 2 is 1.83 bits per heavy atom. The van der Waals surface area contributed by atoms with Crippen LogP contribution in [-0.4, -0.2) is 48.6 Å². The van der Waals surface area contributed by atoms with Crippen molar-refractivity contribution in [2.45, 2.75) is 20.8 Å². The van der Waals surface area contributed by atoms with E-state index in [2.05, 4.69) is 23.7 Å². The smallest absolute Gasteiger partial charge is 0.266 e. The molecule has 3 rings (SSSR count). The Morgan fingerprint density at radius 3 is 2.52 bits per heavy atom. The molecule has 0 N–H and O–H groups in total. The number of fused-ring (bicyclic) bond motifs is 1. The highest BCUT2D eigenvalue weighted by atomic mass is 32.1. The molecule has 0 aliphatic rings. The molecule has 5 nitrogen and oxygen atoms in total. The van der Waals surface area contributed by atoms with Crippen LogP contribution in [0.2, 0.25) is 0 Å². The number of hydrogen-bond donors (Lipinski definition) is 0. The maximum Gasteiger partial charge on any atom is 0.266 e. The highest BCUT2D eigenvalue weighted by Gasteiger charge is 2.21. The number of ether oxygens (including phenoxy) is 1. The fourth-order valence-electron chi connectivity index (χ4n) is 2.97. The summed E-state index contributed by atoms with van der Waals surface area (Å²) in [5, 5.41) is 0.565. The van der Waals surface area contributed by atoms with Crippen LogP contribution in [0, 0.1) is 12.7 Å². The van der Waals surface area contributed by atoms with E-state index in [9.17, 15) is 9.18 Å². The van der Waals surface area contributed by atoms with Crippen molar-refractivity contribution in [2.75, 3.05) is 37.7 Å². The van der Waals surface area contributed by atoms with Crippen LogP contribution < -0.4 is 9.64 Å². The third kappa shape index (κ3) is 5.52. The van der Waals surface area contributed by atoms with E-state index in [4.69, 9.17) is 4.74 Å². The second-order valence-electron chi connectivity index (χ2n) is 6.78. The highest BCUT2D eigenvalue weighted by Crippen LogP contribution is 2.29. The molecule has 0 fully saturated rings. The van der Waals surface area contributed by atoms with Crippen molar-refractivity contribution >= 4 is 32.6 Å². The Bertz CT molecular complexity index is 954. The van der Waals surface area contributed by atoms with Gasteiger partial charge in [-0.15, -0.1) is 0 Å². The van der Waals surface area contributed by atoms with Crippen LogP contribution in [-0.2, 0) is 4.79 Å². The largest absolute Gasteiger partial charge is 0.484 e. The summed E-state index contributed by atoms with van der Waals surface area (Å²) in [4.78, 5) is 21.4. The number of hydrogen-bond acceptors (Lipinski definition) is 5. The van der Waals surface area contributed by atoms with Gasteiger partial charge < -0.3 is 9.64 Å². The molecule has 0 aliphatic carbocycles. The topological polar surface area (TPSA) is 45.7 Å². The number of rotatable bonds is 9. The van der Waals surface area contributed by atoms with Crippen molar-refractivity contribution < 1.29 is 13.9 Å². The number of aromatic nitrogens is 1. The summed E-state index contributed by atoms with van der Waals surface area (Å²) in [6.07, 6.45) is 0. The van der Waals surface area contributed by atoms with Gasteiger partial charge in [0.15, 0.2) is 11.7 Å². The van der Waals surface area contributed by atoms with Crippen molar-refractivity contribution in [3.05, 3.63) is 53.8 Å². The van der Waals surface area contributed by atoms with Crippen LogP contribution in [0.3, 0.4) is 0 Å². The van der Waals surface area contributed by atoms with E-state index >= 15 is 0 Å². The normalized spacial score (nSPS) is 11.2. The number of amides is 1. The number of nitrogens with zero attached hydrogens (tertiary/aromatic N) is 3. The van der Waals surface area contributed by atoms with Gasteiger partial charge in [0, 0.05) is 13.1 Å². The third-order valence-corrected chi connectivity index (χ3v) is 5.83. The molecule has 3 aromatic rings. The van der Waals surface area contributed by atoms with E-state index in [1.54, 1.807) is 11.0 Å². The van der Waals surface area contributed by atoms with Crippen LogP contribution in [0.5, 0.6) is 5.75 Å². The van der Waals surface area contributed by atoms with E-state index in [1.807, 2.05) is 31.2 Å². The molecule has 1 aromatic heterocycles. The molecule has 7 heteroatoms. The number of carbonyl (C=O) groups excluding carboxylic acids is 1. The van der Waals surface area contributed by atoms with Crippen LogP contribution in [0.15, 0.2) is 42.5 Å². The van der Waals surface area contributed by atoms with Crippen LogP contribution in [0.25, 0.3) is 10.2 Å². The Labute approximate surface area is 174 Å². The lowest BCUT2D eigenvalue weighted by atomic mass is 10.2. The van der Waals surface area contributed by atoms with Gasteiger partial charge in [-0.25, -0.2) is 9.37 Å². The Kier molecular flexibility index (Phi) is 7.17. The first-order valence-electron chi connectivity index (χ1n) is 9.78. The van der Waals surface area contributed by atoms with Crippen molar-refractivity contribution in [3.63, 3.8) is 0 Å². The molecule has 0 radical (unpaired) electrons. The molecule has 0 saturated carbocycles. The number of likely N-dealkylation sites (N-methyl/N-ethyl adjacent to an activating group) is 1. The first-order chi connectivity index (χ1) is 14.0. The third-order valence-electron chi connectivity index (χ3n) is 4.79. The van der Waals surface area contributed by atoms with Gasteiger partial charge in [0.2, 0.25) is 0 Å². The molecule has 0 aliphatic heterocycles. The first kappa shape index (κ1) is 21.2.